The Morgan fingerprint density at radius 3 is 2.50 bits per heavy atom. The zero-order valence-electron chi connectivity index (χ0n) is 12.4. The number of rotatable bonds is 1. The molecule has 0 aromatic carbocycles. The van der Waals surface area contributed by atoms with E-state index in [1.165, 1.54) is 6.42 Å². The number of nitrogens with zero attached hydrogens (tertiary/aromatic N) is 2. The van der Waals surface area contributed by atoms with Gasteiger partial charge in [0.25, 0.3) is 0 Å². The van der Waals surface area contributed by atoms with Gasteiger partial charge in [-0.3, -0.25) is 9.69 Å². The van der Waals surface area contributed by atoms with Gasteiger partial charge in [-0.15, -0.1) is 0 Å². The maximum atomic E-state index is 12.3. The number of carbonyl (C=O) groups excluding carboxylic acids is 1. The second-order valence-electron chi connectivity index (χ2n) is 7.23. The molecular weight excluding hydrogens is 226 g/mol. The fraction of sp³-hybridized carbons (Fsp3) is 0.929. The third kappa shape index (κ3) is 2.28. The van der Waals surface area contributed by atoms with E-state index in [0.29, 0.717) is 12.0 Å². The van der Waals surface area contributed by atoms with Crippen molar-refractivity contribution in [3.63, 3.8) is 0 Å². The highest BCUT2D eigenvalue weighted by Crippen LogP contribution is 2.39. The predicted octanol–water partition coefficient (Wildman–Crippen LogP) is 1.05. The van der Waals surface area contributed by atoms with Crippen LogP contribution in [0.3, 0.4) is 0 Å². The van der Waals surface area contributed by atoms with Gasteiger partial charge >= 0.3 is 0 Å². The molecule has 1 unspecified atom stereocenters. The van der Waals surface area contributed by atoms with Crippen LogP contribution in [0.5, 0.6) is 0 Å². The van der Waals surface area contributed by atoms with Crippen LogP contribution in [0.4, 0.5) is 0 Å². The van der Waals surface area contributed by atoms with Crippen molar-refractivity contribution in [2.24, 2.45) is 11.7 Å². The van der Waals surface area contributed by atoms with Crippen molar-refractivity contribution < 1.29 is 4.79 Å². The zero-order chi connectivity index (χ0) is 13.7. The minimum absolute atomic E-state index is 0.0825. The first-order valence-corrected chi connectivity index (χ1v) is 6.98. The van der Waals surface area contributed by atoms with Crippen LogP contribution in [0.2, 0.25) is 0 Å². The number of fused-ring (bicyclic) bond motifs is 1. The second-order valence-corrected chi connectivity index (χ2v) is 7.23. The number of hydrogen-bond donors (Lipinski definition) is 1. The Balaban J connectivity index is 2.10. The summed E-state index contributed by atoms with van der Waals surface area (Å²) in [5.41, 5.74) is 5.45. The van der Waals surface area contributed by atoms with E-state index >= 15 is 0 Å². The quantitative estimate of drug-likeness (QED) is 0.760. The molecule has 2 saturated heterocycles. The lowest BCUT2D eigenvalue weighted by Crippen LogP contribution is -2.61. The summed E-state index contributed by atoms with van der Waals surface area (Å²) in [5, 5.41) is 0. The van der Waals surface area contributed by atoms with E-state index in [4.69, 9.17) is 5.73 Å². The summed E-state index contributed by atoms with van der Waals surface area (Å²) < 4.78 is 0. The van der Waals surface area contributed by atoms with Crippen molar-refractivity contribution in [1.82, 2.24) is 9.80 Å². The van der Waals surface area contributed by atoms with Crippen molar-refractivity contribution in [2.75, 3.05) is 19.6 Å². The zero-order valence-corrected chi connectivity index (χ0v) is 12.4. The largest absolute Gasteiger partial charge is 0.338 e. The van der Waals surface area contributed by atoms with Crippen LogP contribution in [0, 0.1) is 5.92 Å². The molecule has 0 bridgehead atoms. The molecule has 2 aliphatic rings. The molecule has 4 nitrogen and oxygen atoms in total. The molecule has 2 atom stereocenters. The van der Waals surface area contributed by atoms with E-state index in [-0.39, 0.29) is 11.4 Å². The number of hydrogen-bond acceptors (Lipinski definition) is 3. The molecule has 2 N–H and O–H groups in total. The monoisotopic (exact) mass is 253 g/mol. The van der Waals surface area contributed by atoms with Gasteiger partial charge in [-0.2, -0.15) is 0 Å². The van der Waals surface area contributed by atoms with Gasteiger partial charge in [0.2, 0.25) is 5.91 Å². The van der Waals surface area contributed by atoms with Crippen LogP contribution in [0.15, 0.2) is 0 Å². The van der Waals surface area contributed by atoms with Crippen LogP contribution in [-0.4, -0.2) is 52.5 Å². The summed E-state index contributed by atoms with van der Waals surface area (Å²) in [5.74, 6) is 0.732. The van der Waals surface area contributed by atoms with Gasteiger partial charge in [-0.1, -0.05) is 6.92 Å². The number of amides is 1. The molecule has 0 saturated carbocycles. The first-order chi connectivity index (χ1) is 8.13. The van der Waals surface area contributed by atoms with Gasteiger partial charge in [-0.05, 0) is 40.0 Å². The molecule has 0 aliphatic carbocycles. The molecule has 0 aromatic rings. The van der Waals surface area contributed by atoms with Crippen LogP contribution < -0.4 is 5.73 Å². The predicted molar refractivity (Wildman–Crippen MR) is 73.2 cm³/mol. The smallest absolute Gasteiger partial charge is 0.242 e. The number of carbonyl (C=O) groups is 1. The van der Waals surface area contributed by atoms with E-state index in [2.05, 4.69) is 25.7 Å². The Morgan fingerprint density at radius 2 is 1.94 bits per heavy atom. The molecule has 0 radical (unpaired) electrons. The molecule has 0 spiro atoms. The van der Waals surface area contributed by atoms with E-state index < -0.39 is 5.54 Å². The summed E-state index contributed by atoms with van der Waals surface area (Å²) in [7, 11) is 0. The molecule has 1 amide bonds. The standard InChI is InChI=1S/C14H27N3O/c1-10-8-13(2,3)17-7-6-16(9-11(10)17)12(18)14(4,5)15/h10-11H,6-9,15H2,1-5H3/t10?,11-/m0/s1. The Morgan fingerprint density at radius 1 is 1.33 bits per heavy atom. The second kappa shape index (κ2) is 4.20. The summed E-state index contributed by atoms with van der Waals surface area (Å²) in [6.45, 7) is 13.1. The third-order valence-electron chi connectivity index (χ3n) is 4.51. The molecule has 2 heterocycles. The Labute approximate surface area is 110 Å². The number of nitrogens with two attached hydrogens (primary N) is 1. The fourth-order valence-electron chi connectivity index (χ4n) is 3.68. The highest BCUT2D eigenvalue weighted by molar-refractivity contribution is 5.85. The average Bonchev–Trinajstić information content (AvgIpc) is 2.47. The van der Waals surface area contributed by atoms with Crippen LogP contribution in [-0.2, 0) is 4.79 Å². The SMILES string of the molecule is CC1CC(C)(C)N2CCN(C(=O)C(C)(C)N)C[C@@H]12. The van der Waals surface area contributed by atoms with Gasteiger partial charge in [0.15, 0.2) is 0 Å². The molecule has 104 valence electrons. The minimum Gasteiger partial charge on any atom is -0.338 e. The van der Waals surface area contributed by atoms with Crippen LogP contribution in [0.1, 0.15) is 41.0 Å². The van der Waals surface area contributed by atoms with Crippen LogP contribution in [0.25, 0.3) is 0 Å². The van der Waals surface area contributed by atoms with Gasteiger partial charge < -0.3 is 10.6 Å². The lowest BCUT2D eigenvalue weighted by atomic mass is 9.95. The normalized spacial score (nSPS) is 32.4. The van der Waals surface area contributed by atoms with Crippen molar-refractivity contribution in [3.8, 4) is 0 Å². The first-order valence-electron chi connectivity index (χ1n) is 6.98. The topological polar surface area (TPSA) is 49.6 Å². The first kappa shape index (κ1) is 13.8. The molecule has 18 heavy (non-hydrogen) atoms. The Kier molecular flexibility index (Phi) is 3.23. The molecule has 4 heteroatoms. The van der Waals surface area contributed by atoms with Crippen LogP contribution >= 0.6 is 0 Å². The van der Waals surface area contributed by atoms with Crippen molar-refractivity contribution in [2.45, 2.75) is 58.2 Å². The van der Waals surface area contributed by atoms with E-state index in [0.717, 1.165) is 19.6 Å². The summed E-state index contributed by atoms with van der Waals surface area (Å²) in [4.78, 5) is 16.8. The van der Waals surface area contributed by atoms with Gasteiger partial charge in [-0.25, -0.2) is 0 Å². The Bertz CT molecular complexity index is 345. The molecule has 2 aliphatic heterocycles. The molecule has 2 rings (SSSR count). The van der Waals surface area contributed by atoms with E-state index in [9.17, 15) is 4.79 Å². The molecule has 0 aromatic heterocycles. The van der Waals surface area contributed by atoms with Gasteiger partial charge in [0, 0.05) is 31.2 Å². The maximum Gasteiger partial charge on any atom is 0.242 e. The Hall–Kier alpha value is -0.610. The third-order valence-corrected chi connectivity index (χ3v) is 4.51. The lowest BCUT2D eigenvalue weighted by Gasteiger charge is -2.45. The maximum absolute atomic E-state index is 12.3. The summed E-state index contributed by atoms with van der Waals surface area (Å²) >= 11 is 0. The van der Waals surface area contributed by atoms with Crippen molar-refractivity contribution >= 4 is 5.91 Å². The van der Waals surface area contributed by atoms with Gasteiger partial charge in [0.1, 0.15) is 0 Å². The summed E-state index contributed by atoms with van der Waals surface area (Å²) in [6, 6.07) is 0.500. The molecule has 2 fully saturated rings. The van der Waals surface area contributed by atoms with Crippen molar-refractivity contribution in [1.29, 1.82) is 0 Å². The van der Waals surface area contributed by atoms with E-state index in [1.54, 1.807) is 13.8 Å². The lowest BCUT2D eigenvalue weighted by molar-refractivity contribution is -0.139. The van der Waals surface area contributed by atoms with E-state index in [1.807, 2.05) is 4.90 Å². The van der Waals surface area contributed by atoms with Gasteiger partial charge in [0.05, 0.1) is 5.54 Å². The number of piperazine rings is 1. The minimum atomic E-state index is -0.750. The highest BCUT2D eigenvalue weighted by atomic mass is 16.2. The molecular formula is C14H27N3O. The highest BCUT2D eigenvalue weighted by Gasteiger charge is 2.47. The average molecular weight is 253 g/mol. The summed E-state index contributed by atoms with van der Waals surface area (Å²) in [6.07, 6.45) is 1.21. The fourth-order valence-corrected chi connectivity index (χ4v) is 3.68. The van der Waals surface area contributed by atoms with Crippen molar-refractivity contribution in [3.05, 3.63) is 0 Å².